The van der Waals surface area contributed by atoms with Gasteiger partial charge in [-0.3, -0.25) is 9.59 Å². The van der Waals surface area contributed by atoms with Crippen molar-refractivity contribution in [1.82, 2.24) is 0 Å². The van der Waals surface area contributed by atoms with Crippen molar-refractivity contribution in [2.75, 3.05) is 0 Å². The number of Topliss-reactive ketones (excluding diaryl/α,β-unsaturated/α-hetero) is 2. The summed E-state index contributed by atoms with van der Waals surface area (Å²) in [6, 6.07) is 16.5. The van der Waals surface area contributed by atoms with Crippen LogP contribution in [0.4, 0.5) is 0 Å². The molecule has 128 valence electrons. The van der Waals surface area contributed by atoms with Gasteiger partial charge in [0.05, 0.1) is 5.57 Å². The van der Waals surface area contributed by atoms with E-state index in [1.165, 1.54) is 0 Å². The predicted molar refractivity (Wildman–Crippen MR) is 98.6 cm³/mol. The fourth-order valence-electron chi connectivity index (χ4n) is 3.17. The van der Waals surface area contributed by atoms with Gasteiger partial charge in [0.25, 0.3) is 0 Å². The lowest BCUT2D eigenvalue weighted by molar-refractivity contribution is -0.126. The number of fused-ring (bicyclic) bond motifs is 1. The van der Waals surface area contributed by atoms with E-state index >= 15 is 0 Å². The maximum Gasteiger partial charge on any atom is 0.194 e. The summed E-state index contributed by atoms with van der Waals surface area (Å²) in [7, 11) is 0. The first-order valence-electron chi connectivity index (χ1n) is 8.46. The van der Waals surface area contributed by atoms with Gasteiger partial charge in [0, 0.05) is 28.9 Å². The van der Waals surface area contributed by atoms with Crippen LogP contribution in [0.3, 0.4) is 0 Å². The first-order valence-corrected chi connectivity index (χ1v) is 8.46. The van der Waals surface area contributed by atoms with Crippen molar-refractivity contribution in [1.29, 1.82) is 0 Å². The lowest BCUT2D eigenvalue weighted by Gasteiger charge is -2.23. The minimum Gasteiger partial charge on any atom is -0.507 e. The van der Waals surface area contributed by atoms with E-state index in [0.29, 0.717) is 16.7 Å². The van der Waals surface area contributed by atoms with Gasteiger partial charge in [0.2, 0.25) is 0 Å². The van der Waals surface area contributed by atoms with Gasteiger partial charge in [-0.05, 0) is 5.56 Å². The topological polar surface area (TPSA) is 54.4 Å². The Hall–Kier alpha value is -2.68. The lowest BCUT2D eigenvalue weighted by atomic mass is 9.79. The summed E-state index contributed by atoms with van der Waals surface area (Å²) >= 11 is 0. The zero-order valence-corrected chi connectivity index (χ0v) is 14.7. The number of allylic oxidation sites excluding steroid dienone is 1. The van der Waals surface area contributed by atoms with Crippen LogP contribution in [-0.4, -0.2) is 16.7 Å². The highest BCUT2D eigenvalue weighted by Gasteiger charge is 2.37. The SMILES string of the molecule is CC(C)(C)C(=O)C[C@H](C1=C(O)c2ccccc2C1=O)c1ccccc1. The molecule has 0 unspecified atom stereocenters. The molecule has 3 heteroatoms. The third-order valence-electron chi connectivity index (χ3n) is 4.70. The third kappa shape index (κ3) is 3.14. The van der Waals surface area contributed by atoms with Gasteiger partial charge in [0.1, 0.15) is 11.5 Å². The van der Waals surface area contributed by atoms with Gasteiger partial charge in [-0.25, -0.2) is 0 Å². The number of hydrogen-bond donors (Lipinski definition) is 1. The number of hydrogen-bond acceptors (Lipinski definition) is 3. The third-order valence-corrected chi connectivity index (χ3v) is 4.70. The molecule has 1 atom stereocenters. The maximum atomic E-state index is 12.9. The van der Waals surface area contributed by atoms with Crippen LogP contribution in [0.25, 0.3) is 5.76 Å². The van der Waals surface area contributed by atoms with E-state index in [9.17, 15) is 14.7 Å². The second kappa shape index (κ2) is 6.32. The number of carbonyl (C=O) groups excluding carboxylic acids is 2. The number of aliphatic hydroxyl groups is 1. The second-order valence-electron chi connectivity index (χ2n) is 7.48. The highest BCUT2D eigenvalue weighted by molar-refractivity contribution is 6.20. The average Bonchev–Trinajstić information content (AvgIpc) is 2.84. The Bertz CT molecular complexity index is 854. The molecule has 3 nitrogen and oxygen atoms in total. The molecule has 0 amide bonds. The molecule has 0 saturated carbocycles. The number of rotatable bonds is 4. The van der Waals surface area contributed by atoms with Crippen molar-refractivity contribution in [3.63, 3.8) is 0 Å². The van der Waals surface area contributed by atoms with Crippen molar-refractivity contribution in [2.45, 2.75) is 33.1 Å². The van der Waals surface area contributed by atoms with Crippen LogP contribution in [-0.2, 0) is 4.79 Å². The minimum absolute atomic E-state index is 0.00355. The molecule has 0 radical (unpaired) electrons. The molecule has 0 saturated heterocycles. The van der Waals surface area contributed by atoms with Crippen LogP contribution in [0, 0.1) is 5.41 Å². The second-order valence-corrected chi connectivity index (χ2v) is 7.48. The van der Waals surface area contributed by atoms with Crippen molar-refractivity contribution in [3.8, 4) is 0 Å². The van der Waals surface area contributed by atoms with E-state index in [1.54, 1.807) is 24.3 Å². The molecule has 1 N–H and O–H groups in total. The van der Waals surface area contributed by atoms with Gasteiger partial charge in [-0.15, -0.1) is 0 Å². The molecule has 1 aliphatic carbocycles. The smallest absolute Gasteiger partial charge is 0.194 e. The molecule has 0 aromatic heterocycles. The van der Waals surface area contributed by atoms with Crippen LogP contribution < -0.4 is 0 Å². The molecule has 0 heterocycles. The minimum atomic E-state index is -0.502. The molecular weight excluding hydrogens is 312 g/mol. The summed E-state index contributed by atoms with van der Waals surface area (Å²) in [5.74, 6) is -0.585. The van der Waals surface area contributed by atoms with Crippen LogP contribution in [0.5, 0.6) is 0 Å². The van der Waals surface area contributed by atoms with Gasteiger partial charge in [0.15, 0.2) is 5.78 Å². The summed E-state index contributed by atoms with van der Waals surface area (Å²) in [6.07, 6.45) is 0.187. The largest absolute Gasteiger partial charge is 0.507 e. The number of ketones is 2. The van der Waals surface area contributed by atoms with Crippen LogP contribution in [0.2, 0.25) is 0 Å². The van der Waals surface area contributed by atoms with E-state index in [4.69, 9.17) is 0 Å². The van der Waals surface area contributed by atoms with Crippen molar-refractivity contribution in [2.24, 2.45) is 5.41 Å². The number of carbonyl (C=O) groups is 2. The monoisotopic (exact) mass is 334 g/mol. The summed E-state index contributed by atoms with van der Waals surface area (Å²) in [4.78, 5) is 25.6. The maximum absolute atomic E-state index is 12.9. The van der Waals surface area contributed by atoms with Gasteiger partial charge in [-0.1, -0.05) is 75.4 Å². The summed E-state index contributed by atoms with van der Waals surface area (Å²) in [5.41, 5.74) is 1.73. The molecular formula is C22H22O3. The number of aliphatic hydroxyl groups excluding tert-OH is 1. The van der Waals surface area contributed by atoms with Gasteiger partial charge in [-0.2, -0.15) is 0 Å². The quantitative estimate of drug-likeness (QED) is 0.861. The number of benzene rings is 2. The summed E-state index contributed by atoms with van der Waals surface area (Å²) in [6.45, 7) is 5.62. The van der Waals surface area contributed by atoms with Crippen LogP contribution >= 0.6 is 0 Å². The zero-order valence-electron chi connectivity index (χ0n) is 14.7. The fourth-order valence-corrected chi connectivity index (χ4v) is 3.17. The Morgan fingerprint density at radius 1 is 0.960 bits per heavy atom. The molecule has 0 bridgehead atoms. The Kier molecular flexibility index (Phi) is 4.34. The molecule has 1 aliphatic rings. The predicted octanol–water partition coefficient (Wildman–Crippen LogP) is 4.94. The van der Waals surface area contributed by atoms with E-state index < -0.39 is 11.3 Å². The van der Waals surface area contributed by atoms with E-state index in [2.05, 4.69) is 0 Å². The molecule has 0 fully saturated rings. The van der Waals surface area contributed by atoms with Crippen molar-refractivity contribution in [3.05, 3.63) is 76.9 Å². The van der Waals surface area contributed by atoms with E-state index in [1.807, 2.05) is 51.1 Å². The Morgan fingerprint density at radius 2 is 1.52 bits per heavy atom. The first kappa shape index (κ1) is 17.2. The molecule has 25 heavy (non-hydrogen) atoms. The van der Waals surface area contributed by atoms with Crippen LogP contribution in [0.15, 0.2) is 60.2 Å². The fraction of sp³-hybridized carbons (Fsp3) is 0.273. The highest BCUT2D eigenvalue weighted by Crippen LogP contribution is 2.41. The first-order chi connectivity index (χ1) is 11.8. The Labute approximate surface area is 148 Å². The van der Waals surface area contributed by atoms with Crippen LogP contribution in [0.1, 0.15) is 54.6 Å². The summed E-state index contributed by atoms with van der Waals surface area (Å²) in [5, 5.41) is 10.7. The molecule has 0 aliphatic heterocycles. The van der Waals surface area contributed by atoms with Gasteiger partial charge >= 0.3 is 0 Å². The molecule has 2 aromatic rings. The zero-order chi connectivity index (χ0) is 18.2. The lowest BCUT2D eigenvalue weighted by Crippen LogP contribution is -2.24. The standard InChI is InChI=1S/C22H22O3/c1-22(2,3)18(23)13-17(14-9-5-4-6-10-14)19-20(24)15-11-7-8-12-16(15)21(19)25/h4-12,17,24H,13H2,1-3H3/t17-/m0/s1. The summed E-state index contributed by atoms with van der Waals surface area (Å²) < 4.78 is 0. The molecule has 3 rings (SSSR count). The van der Waals surface area contributed by atoms with Gasteiger partial charge < -0.3 is 5.11 Å². The normalized spacial score (nSPS) is 15.2. The highest BCUT2D eigenvalue weighted by atomic mass is 16.3. The van der Waals surface area contributed by atoms with E-state index in [0.717, 1.165) is 5.56 Å². The van der Waals surface area contributed by atoms with Crippen molar-refractivity contribution < 1.29 is 14.7 Å². The average molecular weight is 334 g/mol. The Morgan fingerprint density at radius 3 is 2.08 bits per heavy atom. The van der Waals surface area contributed by atoms with Crippen molar-refractivity contribution >= 4 is 17.3 Å². The Balaban J connectivity index is 2.09. The van der Waals surface area contributed by atoms with E-state index in [-0.39, 0.29) is 23.7 Å². The molecule has 0 spiro atoms. The molecule has 2 aromatic carbocycles.